The van der Waals surface area contributed by atoms with Gasteiger partial charge in [0.05, 0.1) is 7.11 Å². The number of carbonyl (C=O) groups is 1. The zero-order valence-electron chi connectivity index (χ0n) is 10.2. The zero-order valence-corrected chi connectivity index (χ0v) is 10.2. The lowest BCUT2D eigenvalue weighted by molar-refractivity contribution is 0.0116. The maximum atomic E-state index is 12.1. The summed E-state index contributed by atoms with van der Waals surface area (Å²) in [5, 5.41) is 18.5. The fourth-order valence-electron chi connectivity index (χ4n) is 2.22. The number of carbonyl (C=O) groups excluding carboxylic acids is 1. The summed E-state index contributed by atoms with van der Waals surface area (Å²) in [4.78, 5) is 12.1. The first-order chi connectivity index (χ1) is 8.22. The molecule has 0 bridgehead atoms. The molecule has 1 radical (unpaired) electrons. The molecule has 0 atom stereocenters. The number of benzene rings is 1. The Morgan fingerprint density at radius 3 is 2.12 bits per heavy atom. The Hall–Kier alpha value is -1.19. The normalized spacial score (nSPS) is 17.8. The van der Waals surface area contributed by atoms with Crippen LogP contribution in [0.1, 0.15) is 42.5 Å². The second kappa shape index (κ2) is 6.52. The van der Waals surface area contributed by atoms with Gasteiger partial charge in [0, 0.05) is 5.56 Å². The fraction of sp³-hybridized carbons (Fsp3) is 0.500. The van der Waals surface area contributed by atoms with Crippen LogP contribution in [0.5, 0.6) is 0 Å². The van der Waals surface area contributed by atoms with Gasteiger partial charge in [0.25, 0.3) is 0 Å². The summed E-state index contributed by atoms with van der Waals surface area (Å²) in [5.41, 5.74) is -0.471. The third-order valence-corrected chi connectivity index (χ3v) is 3.14. The highest BCUT2D eigenvalue weighted by atomic mass is 16.3. The first kappa shape index (κ1) is 13.9. The summed E-state index contributed by atoms with van der Waals surface area (Å²) in [5.74, 6) is -0.109. The summed E-state index contributed by atoms with van der Waals surface area (Å²) in [6.07, 6.45) is 4.26. The molecule has 3 heteroatoms. The fourth-order valence-corrected chi connectivity index (χ4v) is 2.22. The van der Waals surface area contributed by atoms with E-state index in [2.05, 4.69) is 0 Å². The Bertz CT molecular complexity index is 340. The molecule has 0 heterocycles. The molecular formula is C14H19O3. The molecule has 1 aliphatic carbocycles. The first-order valence-corrected chi connectivity index (χ1v) is 5.95. The Morgan fingerprint density at radius 2 is 1.59 bits per heavy atom. The smallest absolute Gasteiger partial charge is 0.194 e. The van der Waals surface area contributed by atoms with Gasteiger partial charge >= 0.3 is 0 Å². The molecule has 2 rings (SSSR count). The summed E-state index contributed by atoms with van der Waals surface area (Å²) >= 11 is 0. The van der Waals surface area contributed by atoms with Crippen LogP contribution in [0.2, 0.25) is 0 Å². The van der Waals surface area contributed by atoms with Crippen molar-refractivity contribution in [1.29, 1.82) is 0 Å². The molecule has 3 nitrogen and oxygen atoms in total. The minimum atomic E-state index is -1.10. The van der Waals surface area contributed by atoms with Gasteiger partial charge in [-0.25, -0.2) is 5.11 Å². The van der Waals surface area contributed by atoms with Crippen LogP contribution in [0, 0.1) is 0 Å². The van der Waals surface area contributed by atoms with E-state index in [1.165, 1.54) is 0 Å². The highest BCUT2D eigenvalue weighted by molar-refractivity contribution is 6.02. The molecule has 1 aliphatic rings. The molecule has 0 amide bonds. The summed E-state index contributed by atoms with van der Waals surface area (Å²) in [6, 6.07) is 9.09. The highest BCUT2D eigenvalue weighted by Gasteiger charge is 2.37. The monoisotopic (exact) mass is 235 g/mol. The molecule has 0 spiro atoms. The van der Waals surface area contributed by atoms with Gasteiger partial charge in [-0.2, -0.15) is 0 Å². The van der Waals surface area contributed by atoms with Crippen LogP contribution in [0.15, 0.2) is 30.3 Å². The zero-order chi connectivity index (χ0) is 12.7. The Labute approximate surface area is 102 Å². The van der Waals surface area contributed by atoms with Crippen LogP contribution in [0.4, 0.5) is 0 Å². The van der Waals surface area contributed by atoms with Crippen LogP contribution >= 0.6 is 0 Å². The number of Topliss-reactive ketones (excluding diaryl/α,β-unsaturated/α-hetero) is 1. The van der Waals surface area contributed by atoms with Gasteiger partial charge in [-0.3, -0.25) is 4.79 Å². The van der Waals surface area contributed by atoms with Gasteiger partial charge in [0.15, 0.2) is 5.78 Å². The number of aliphatic hydroxyl groups is 1. The van der Waals surface area contributed by atoms with Gasteiger partial charge in [0.1, 0.15) is 5.60 Å². The van der Waals surface area contributed by atoms with Crippen LogP contribution in [-0.2, 0) is 5.11 Å². The largest absolute Gasteiger partial charge is 0.382 e. The standard InChI is InChI=1S/C13H16O2.CH3O/c14-12(11-7-3-1-4-8-11)13(15)9-5-2-6-10-13;1-2/h1,3-4,7-8,15H,2,5-6,9-10H2;1H3. The minimum Gasteiger partial charge on any atom is -0.382 e. The molecule has 0 saturated heterocycles. The number of hydrogen-bond acceptors (Lipinski definition) is 2. The predicted molar refractivity (Wildman–Crippen MR) is 65.4 cm³/mol. The van der Waals surface area contributed by atoms with Crippen LogP contribution in [0.25, 0.3) is 0 Å². The molecule has 1 N–H and O–H groups in total. The maximum Gasteiger partial charge on any atom is 0.194 e. The van der Waals surface area contributed by atoms with Crippen molar-refractivity contribution in [3.8, 4) is 0 Å². The lowest BCUT2D eigenvalue weighted by Gasteiger charge is -2.30. The van der Waals surface area contributed by atoms with Gasteiger partial charge in [-0.15, -0.1) is 0 Å². The number of ketones is 1. The molecule has 0 aromatic heterocycles. The van der Waals surface area contributed by atoms with Crippen LogP contribution in [0.3, 0.4) is 0 Å². The molecule has 1 fully saturated rings. The van der Waals surface area contributed by atoms with E-state index in [4.69, 9.17) is 5.11 Å². The molecule has 93 valence electrons. The quantitative estimate of drug-likeness (QED) is 0.801. The Morgan fingerprint density at radius 1 is 1.06 bits per heavy atom. The summed E-state index contributed by atoms with van der Waals surface area (Å²) in [7, 11) is 0.750. The predicted octanol–water partition coefficient (Wildman–Crippen LogP) is 2.61. The lowest BCUT2D eigenvalue weighted by atomic mass is 9.79. The van der Waals surface area contributed by atoms with Crippen molar-refractivity contribution in [2.75, 3.05) is 7.11 Å². The van der Waals surface area contributed by atoms with E-state index in [0.717, 1.165) is 26.4 Å². The minimum absolute atomic E-state index is 0.109. The molecular weight excluding hydrogens is 216 g/mol. The lowest BCUT2D eigenvalue weighted by Crippen LogP contribution is -2.40. The summed E-state index contributed by atoms with van der Waals surface area (Å²) in [6.45, 7) is 0. The molecule has 0 unspecified atom stereocenters. The van der Waals surface area contributed by atoms with Gasteiger partial charge in [0.2, 0.25) is 0 Å². The van der Waals surface area contributed by atoms with Crippen LogP contribution < -0.4 is 0 Å². The van der Waals surface area contributed by atoms with E-state index >= 15 is 0 Å². The first-order valence-electron chi connectivity index (χ1n) is 5.95. The van der Waals surface area contributed by atoms with E-state index in [1.54, 1.807) is 12.1 Å². The van der Waals surface area contributed by atoms with Crippen molar-refractivity contribution in [3.63, 3.8) is 0 Å². The van der Waals surface area contributed by atoms with E-state index in [9.17, 15) is 9.90 Å². The third kappa shape index (κ3) is 3.38. The van der Waals surface area contributed by atoms with Crippen molar-refractivity contribution in [2.45, 2.75) is 37.7 Å². The average molecular weight is 235 g/mol. The van der Waals surface area contributed by atoms with Crippen molar-refractivity contribution < 1.29 is 15.0 Å². The molecule has 1 aromatic rings. The van der Waals surface area contributed by atoms with Gasteiger partial charge in [-0.1, -0.05) is 49.6 Å². The summed E-state index contributed by atoms with van der Waals surface area (Å²) < 4.78 is 0. The van der Waals surface area contributed by atoms with Crippen molar-refractivity contribution >= 4 is 5.78 Å². The Balaban J connectivity index is 0.000000686. The average Bonchev–Trinajstić information content (AvgIpc) is 2.42. The van der Waals surface area contributed by atoms with E-state index in [1.807, 2.05) is 18.2 Å². The molecule has 1 saturated carbocycles. The van der Waals surface area contributed by atoms with E-state index < -0.39 is 5.60 Å². The topological polar surface area (TPSA) is 57.2 Å². The highest BCUT2D eigenvalue weighted by Crippen LogP contribution is 2.30. The number of rotatable bonds is 2. The van der Waals surface area contributed by atoms with Gasteiger partial charge < -0.3 is 5.11 Å². The molecule has 1 aromatic carbocycles. The Kier molecular flexibility index (Phi) is 5.32. The van der Waals surface area contributed by atoms with Crippen molar-refractivity contribution in [1.82, 2.24) is 0 Å². The van der Waals surface area contributed by atoms with Crippen molar-refractivity contribution in [2.24, 2.45) is 0 Å². The van der Waals surface area contributed by atoms with E-state index in [0.29, 0.717) is 18.4 Å². The van der Waals surface area contributed by atoms with E-state index in [-0.39, 0.29) is 5.78 Å². The third-order valence-electron chi connectivity index (χ3n) is 3.14. The number of hydrogen-bond donors (Lipinski definition) is 1. The second-order valence-electron chi connectivity index (χ2n) is 4.29. The molecule has 0 aliphatic heterocycles. The maximum absolute atomic E-state index is 12.1. The van der Waals surface area contributed by atoms with Crippen molar-refractivity contribution in [3.05, 3.63) is 35.9 Å². The SMILES string of the molecule is C[O].O=C(c1ccccc1)C1(O)CCCCC1. The van der Waals surface area contributed by atoms with Gasteiger partial charge in [-0.05, 0) is 12.8 Å². The van der Waals surface area contributed by atoms with Crippen LogP contribution in [-0.4, -0.2) is 23.6 Å². The second-order valence-corrected chi connectivity index (χ2v) is 4.29. The molecule has 17 heavy (non-hydrogen) atoms.